The number of nitrogens with zero attached hydrogens (tertiary/aromatic N) is 1. The average Bonchev–Trinajstić information content (AvgIpc) is 2.48. The van der Waals surface area contributed by atoms with Gasteiger partial charge in [0.15, 0.2) is 0 Å². The van der Waals surface area contributed by atoms with Crippen molar-refractivity contribution in [1.29, 1.82) is 0 Å². The molecule has 0 aliphatic carbocycles. The highest BCUT2D eigenvalue weighted by Crippen LogP contribution is 2.07. The first-order valence-electron chi connectivity index (χ1n) is 7.65. The summed E-state index contributed by atoms with van der Waals surface area (Å²) in [5.41, 5.74) is 0.321. The number of carbonyl (C=O) groups excluding carboxylic acids is 1. The van der Waals surface area contributed by atoms with Crippen LogP contribution >= 0.6 is 22.6 Å². The Morgan fingerprint density at radius 1 is 1.42 bits per heavy atom. The van der Waals surface area contributed by atoms with Gasteiger partial charge < -0.3 is 20.5 Å². The van der Waals surface area contributed by atoms with Crippen molar-refractivity contribution >= 4 is 34.7 Å². The lowest BCUT2D eigenvalue weighted by Gasteiger charge is -2.22. The van der Waals surface area contributed by atoms with Crippen LogP contribution in [0.25, 0.3) is 0 Å². The lowest BCUT2D eigenvalue weighted by Crippen LogP contribution is -2.42. The molecule has 0 aromatic carbocycles. The second kappa shape index (κ2) is 9.77. The van der Waals surface area contributed by atoms with Crippen molar-refractivity contribution in [3.63, 3.8) is 0 Å². The molecule has 1 unspecified atom stereocenters. The minimum atomic E-state index is -0.978. The summed E-state index contributed by atoms with van der Waals surface area (Å²) in [4.78, 5) is 26.9. The molecule has 0 aliphatic rings. The highest BCUT2D eigenvalue weighted by molar-refractivity contribution is 14.1. The largest absolute Gasteiger partial charge is 0.478 e. The molecule has 1 aromatic heterocycles. The number of carbonyl (C=O) groups is 2. The van der Waals surface area contributed by atoms with E-state index in [1.807, 2.05) is 20.8 Å². The molecule has 0 fully saturated rings. The number of aromatic nitrogens is 1. The summed E-state index contributed by atoms with van der Waals surface area (Å²) in [5, 5.41) is 15.0. The summed E-state index contributed by atoms with van der Waals surface area (Å²) < 4.78 is 6.14. The summed E-state index contributed by atoms with van der Waals surface area (Å²) >= 11 is 2.27. The lowest BCUT2D eigenvalue weighted by atomic mass is 10.2. The maximum Gasteiger partial charge on any atom is 0.407 e. The Balaban J connectivity index is 2.52. The van der Waals surface area contributed by atoms with Gasteiger partial charge in [-0.05, 0) is 39.3 Å². The molecule has 0 saturated carbocycles. The van der Waals surface area contributed by atoms with Crippen LogP contribution in [-0.4, -0.2) is 44.8 Å². The van der Waals surface area contributed by atoms with E-state index in [4.69, 9.17) is 9.84 Å². The van der Waals surface area contributed by atoms with Gasteiger partial charge in [-0.3, -0.25) is 4.98 Å². The van der Waals surface area contributed by atoms with E-state index in [1.165, 1.54) is 18.3 Å². The number of carboxylic acid groups (broad SMARTS) is 1. The molecule has 3 N–H and O–H groups in total. The Kier molecular flexibility index (Phi) is 8.40. The molecule has 1 rings (SSSR count). The molecule has 24 heavy (non-hydrogen) atoms. The molecule has 1 atom stereocenters. The number of carboxylic acids is 1. The Labute approximate surface area is 155 Å². The molecule has 1 heterocycles. The topological polar surface area (TPSA) is 101 Å². The normalized spacial score (nSPS) is 12.5. The van der Waals surface area contributed by atoms with Gasteiger partial charge >= 0.3 is 12.1 Å². The zero-order valence-electron chi connectivity index (χ0n) is 14.1. The number of ether oxygens (including phenoxy) is 1. The number of halogens is 1. The molecule has 0 bridgehead atoms. The molecule has 0 saturated heterocycles. The second-order valence-corrected chi connectivity index (χ2v) is 7.36. The van der Waals surface area contributed by atoms with Crippen LogP contribution in [0.15, 0.2) is 18.3 Å². The Morgan fingerprint density at radius 3 is 2.71 bits per heavy atom. The van der Waals surface area contributed by atoms with Crippen LogP contribution in [0.2, 0.25) is 0 Å². The van der Waals surface area contributed by atoms with Crippen molar-refractivity contribution in [3.05, 3.63) is 29.6 Å². The zero-order chi connectivity index (χ0) is 18.2. The Bertz CT molecular complexity index is 560. The fourth-order valence-corrected chi connectivity index (χ4v) is 2.64. The zero-order valence-corrected chi connectivity index (χ0v) is 16.3. The van der Waals surface area contributed by atoms with Crippen molar-refractivity contribution in [2.24, 2.45) is 0 Å². The van der Waals surface area contributed by atoms with Gasteiger partial charge in [0.25, 0.3) is 0 Å². The van der Waals surface area contributed by atoms with Crippen LogP contribution in [0.3, 0.4) is 0 Å². The third-order valence-electron chi connectivity index (χ3n) is 2.98. The minimum Gasteiger partial charge on any atom is -0.478 e. The van der Waals surface area contributed by atoms with E-state index in [9.17, 15) is 9.59 Å². The first-order valence-corrected chi connectivity index (χ1v) is 9.18. The Hall–Kier alpha value is -1.42. The predicted octanol–water partition coefficient (Wildman–Crippen LogP) is 2.59. The minimum absolute atomic E-state index is 0.0460. The number of alkyl halides is 1. The van der Waals surface area contributed by atoms with E-state index in [0.717, 1.165) is 10.8 Å². The molecule has 0 radical (unpaired) electrons. The average molecular weight is 449 g/mol. The van der Waals surface area contributed by atoms with Crippen molar-refractivity contribution in [2.75, 3.05) is 11.0 Å². The van der Waals surface area contributed by atoms with Gasteiger partial charge in [0.1, 0.15) is 5.60 Å². The van der Waals surface area contributed by atoms with E-state index < -0.39 is 17.7 Å². The molecule has 7 nitrogen and oxygen atoms in total. The fraction of sp³-hybridized carbons (Fsp3) is 0.562. The monoisotopic (exact) mass is 449 g/mol. The van der Waals surface area contributed by atoms with Crippen LogP contribution in [0, 0.1) is 0 Å². The van der Waals surface area contributed by atoms with Crippen LogP contribution in [0.4, 0.5) is 4.79 Å². The molecule has 0 spiro atoms. The maximum atomic E-state index is 11.7. The van der Waals surface area contributed by atoms with E-state index in [2.05, 4.69) is 38.2 Å². The highest BCUT2D eigenvalue weighted by atomic mass is 127. The predicted molar refractivity (Wildman–Crippen MR) is 99.6 cm³/mol. The van der Waals surface area contributed by atoms with Crippen molar-refractivity contribution in [2.45, 2.75) is 45.4 Å². The van der Waals surface area contributed by atoms with E-state index in [0.29, 0.717) is 18.8 Å². The maximum absolute atomic E-state index is 11.7. The van der Waals surface area contributed by atoms with Gasteiger partial charge in [-0.2, -0.15) is 0 Å². The third kappa shape index (κ3) is 8.44. The third-order valence-corrected chi connectivity index (χ3v) is 3.61. The summed E-state index contributed by atoms with van der Waals surface area (Å²) in [5.74, 6) is -0.978. The molecule has 8 heteroatoms. The van der Waals surface area contributed by atoms with Gasteiger partial charge in [0, 0.05) is 29.8 Å². The van der Waals surface area contributed by atoms with Crippen molar-refractivity contribution < 1.29 is 19.4 Å². The summed E-state index contributed by atoms with van der Waals surface area (Å²) in [6.07, 6.45) is 1.88. The van der Waals surface area contributed by atoms with Crippen LogP contribution in [-0.2, 0) is 11.3 Å². The van der Waals surface area contributed by atoms with E-state index in [1.54, 1.807) is 0 Å². The Morgan fingerprint density at radius 2 is 2.12 bits per heavy atom. The number of pyridine rings is 1. The van der Waals surface area contributed by atoms with E-state index in [-0.39, 0.29) is 11.6 Å². The fourth-order valence-electron chi connectivity index (χ4n) is 1.89. The first-order chi connectivity index (χ1) is 11.2. The molecular formula is C16H24IN3O4. The summed E-state index contributed by atoms with van der Waals surface area (Å²) in [7, 11) is 0. The second-order valence-electron chi connectivity index (χ2n) is 6.28. The number of hydrogen-bond donors (Lipinski definition) is 3. The quantitative estimate of drug-likeness (QED) is 0.417. The number of rotatable bonds is 8. The van der Waals surface area contributed by atoms with Crippen LogP contribution in [0.5, 0.6) is 0 Å². The van der Waals surface area contributed by atoms with Gasteiger partial charge in [-0.15, -0.1) is 0 Å². The molecule has 134 valence electrons. The number of amides is 1. The van der Waals surface area contributed by atoms with Crippen LogP contribution in [0.1, 0.15) is 43.2 Å². The van der Waals surface area contributed by atoms with Gasteiger partial charge in [0.05, 0.1) is 11.3 Å². The number of alkyl carbamates (subject to hydrolysis) is 1. The van der Waals surface area contributed by atoms with Crippen molar-refractivity contribution in [1.82, 2.24) is 15.6 Å². The summed E-state index contributed by atoms with van der Waals surface area (Å²) in [6, 6.07) is 3.04. The van der Waals surface area contributed by atoms with Gasteiger partial charge in [-0.1, -0.05) is 22.6 Å². The highest BCUT2D eigenvalue weighted by Gasteiger charge is 2.17. The SMILES string of the molecule is CC(C)(C)OC(=O)NCC(CCI)NCc1cc(C(=O)O)ccn1. The molecule has 1 amide bonds. The lowest BCUT2D eigenvalue weighted by molar-refractivity contribution is 0.0521. The smallest absolute Gasteiger partial charge is 0.407 e. The van der Waals surface area contributed by atoms with Crippen molar-refractivity contribution in [3.8, 4) is 0 Å². The van der Waals surface area contributed by atoms with Crippen LogP contribution < -0.4 is 10.6 Å². The molecular weight excluding hydrogens is 425 g/mol. The molecule has 0 aliphatic heterocycles. The summed E-state index contributed by atoms with van der Waals surface area (Å²) in [6.45, 7) is 6.30. The number of nitrogens with one attached hydrogen (secondary N) is 2. The first kappa shape index (κ1) is 20.6. The standard InChI is InChI=1S/C16H24IN3O4/c1-16(2,3)24-15(23)20-9-12(4-6-17)19-10-13-8-11(14(21)22)5-7-18-13/h5,7-8,12,19H,4,6,9-10H2,1-3H3,(H,20,23)(H,21,22). The number of hydrogen-bond acceptors (Lipinski definition) is 5. The molecule has 1 aromatic rings. The van der Waals surface area contributed by atoms with Gasteiger partial charge in [0.2, 0.25) is 0 Å². The van der Waals surface area contributed by atoms with Gasteiger partial charge in [-0.25, -0.2) is 9.59 Å². The number of aromatic carboxylic acids is 1. The van der Waals surface area contributed by atoms with E-state index >= 15 is 0 Å².